The first-order valence-electron chi connectivity index (χ1n) is 7.87. The average Bonchev–Trinajstić information content (AvgIpc) is 3.04. The van der Waals surface area contributed by atoms with Crippen molar-refractivity contribution >= 4 is 0 Å². The van der Waals surface area contributed by atoms with Crippen LogP contribution in [0.1, 0.15) is 35.6 Å². The maximum Gasteiger partial charge on any atom is 0.118 e. The smallest absolute Gasteiger partial charge is 0.118 e. The van der Waals surface area contributed by atoms with Crippen LogP contribution >= 0.6 is 0 Å². The highest BCUT2D eigenvalue weighted by molar-refractivity contribution is 5.30. The molecule has 0 aromatic heterocycles. The first kappa shape index (κ1) is 15.1. The largest absolute Gasteiger partial charge is 0.497 e. The number of aliphatic hydroxyl groups is 1. The van der Waals surface area contributed by atoms with Crippen LogP contribution in [-0.2, 0) is 13.2 Å². The van der Waals surface area contributed by atoms with Gasteiger partial charge in [-0.1, -0.05) is 36.4 Å². The number of methoxy groups -OCH3 is 1. The first-order valence-corrected chi connectivity index (χ1v) is 7.87. The lowest BCUT2D eigenvalue weighted by atomic mass is 10.0. The summed E-state index contributed by atoms with van der Waals surface area (Å²) in [4.78, 5) is 2.54. The van der Waals surface area contributed by atoms with Crippen molar-refractivity contribution in [3.05, 3.63) is 65.2 Å². The molecule has 1 saturated heterocycles. The van der Waals surface area contributed by atoms with Gasteiger partial charge in [-0.3, -0.25) is 4.90 Å². The molecule has 1 fully saturated rings. The molecule has 0 amide bonds. The number of benzene rings is 2. The van der Waals surface area contributed by atoms with E-state index in [0.29, 0.717) is 6.04 Å². The molecule has 1 unspecified atom stereocenters. The van der Waals surface area contributed by atoms with E-state index in [0.717, 1.165) is 24.4 Å². The van der Waals surface area contributed by atoms with Gasteiger partial charge in [0.2, 0.25) is 0 Å². The molecule has 1 heterocycles. The topological polar surface area (TPSA) is 32.7 Å². The summed E-state index contributed by atoms with van der Waals surface area (Å²) >= 11 is 0. The van der Waals surface area contributed by atoms with Crippen LogP contribution in [0.2, 0.25) is 0 Å². The summed E-state index contributed by atoms with van der Waals surface area (Å²) in [7, 11) is 1.70. The van der Waals surface area contributed by atoms with Crippen molar-refractivity contribution in [2.24, 2.45) is 0 Å². The van der Waals surface area contributed by atoms with Crippen LogP contribution in [0.3, 0.4) is 0 Å². The lowest BCUT2D eigenvalue weighted by molar-refractivity contribution is 0.248. The van der Waals surface area contributed by atoms with Crippen molar-refractivity contribution in [2.45, 2.75) is 32.0 Å². The van der Waals surface area contributed by atoms with E-state index in [4.69, 9.17) is 9.84 Å². The number of nitrogens with zero attached hydrogens (tertiary/aromatic N) is 1. The Kier molecular flexibility index (Phi) is 4.76. The number of hydrogen-bond donors (Lipinski definition) is 1. The zero-order chi connectivity index (χ0) is 15.4. The number of likely N-dealkylation sites (tertiary alicyclic amines) is 1. The molecule has 2 aromatic carbocycles. The maximum atomic E-state index is 9.13. The minimum atomic E-state index is 0.110. The Labute approximate surface area is 132 Å². The predicted molar refractivity (Wildman–Crippen MR) is 87.7 cm³/mol. The highest BCUT2D eigenvalue weighted by Crippen LogP contribution is 2.33. The van der Waals surface area contributed by atoms with Gasteiger partial charge in [0.15, 0.2) is 0 Å². The van der Waals surface area contributed by atoms with Gasteiger partial charge >= 0.3 is 0 Å². The zero-order valence-corrected chi connectivity index (χ0v) is 13.0. The van der Waals surface area contributed by atoms with Crippen LogP contribution in [-0.4, -0.2) is 23.7 Å². The van der Waals surface area contributed by atoms with Crippen LogP contribution < -0.4 is 4.74 Å². The van der Waals surface area contributed by atoms with Gasteiger partial charge < -0.3 is 9.84 Å². The molecule has 0 bridgehead atoms. The molecule has 3 heteroatoms. The minimum Gasteiger partial charge on any atom is -0.497 e. The Hall–Kier alpha value is -1.84. The quantitative estimate of drug-likeness (QED) is 0.916. The van der Waals surface area contributed by atoms with Gasteiger partial charge in [-0.2, -0.15) is 0 Å². The lowest BCUT2D eigenvalue weighted by Gasteiger charge is -2.25. The van der Waals surface area contributed by atoms with E-state index in [2.05, 4.69) is 29.2 Å². The van der Waals surface area contributed by atoms with Crippen molar-refractivity contribution in [3.8, 4) is 5.75 Å². The van der Waals surface area contributed by atoms with E-state index < -0.39 is 0 Å². The molecule has 116 valence electrons. The van der Waals surface area contributed by atoms with Crippen LogP contribution in [0.5, 0.6) is 5.75 Å². The van der Waals surface area contributed by atoms with E-state index >= 15 is 0 Å². The molecule has 3 nitrogen and oxygen atoms in total. The highest BCUT2D eigenvalue weighted by atomic mass is 16.5. The molecule has 0 radical (unpaired) electrons. The molecule has 0 spiro atoms. The van der Waals surface area contributed by atoms with Crippen molar-refractivity contribution in [2.75, 3.05) is 13.7 Å². The molecule has 3 rings (SSSR count). The first-order chi connectivity index (χ1) is 10.8. The standard InChI is InChI=1S/C19H23NO2/c1-22-18-10-8-17(9-11-18)19-3-2-12-20(19)13-15-4-6-16(14-21)7-5-15/h4-11,19,21H,2-3,12-14H2,1H3. The predicted octanol–water partition coefficient (Wildman–Crippen LogP) is 3.52. The second-order valence-corrected chi connectivity index (χ2v) is 5.88. The number of hydrogen-bond acceptors (Lipinski definition) is 3. The van der Waals surface area contributed by atoms with Gasteiger partial charge in [0.05, 0.1) is 13.7 Å². The third-order valence-electron chi connectivity index (χ3n) is 4.46. The SMILES string of the molecule is COc1ccc(C2CCCN2Cc2ccc(CO)cc2)cc1. The van der Waals surface area contributed by atoms with Gasteiger partial charge in [-0.15, -0.1) is 0 Å². The third-order valence-corrected chi connectivity index (χ3v) is 4.46. The van der Waals surface area contributed by atoms with Crippen LogP contribution in [0.4, 0.5) is 0 Å². The van der Waals surface area contributed by atoms with E-state index in [1.807, 2.05) is 24.3 Å². The van der Waals surface area contributed by atoms with E-state index in [1.165, 1.54) is 24.0 Å². The molecule has 0 saturated carbocycles. The summed E-state index contributed by atoms with van der Waals surface area (Å²) in [5.74, 6) is 0.910. The van der Waals surface area contributed by atoms with Gasteiger partial charge in [0, 0.05) is 12.6 Å². The van der Waals surface area contributed by atoms with Gasteiger partial charge in [0.1, 0.15) is 5.75 Å². The van der Waals surface area contributed by atoms with E-state index in [9.17, 15) is 0 Å². The summed E-state index contributed by atoms with van der Waals surface area (Å²) in [6, 6.07) is 17.2. The van der Waals surface area contributed by atoms with Crippen molar-refractivity contribution in [1.82, 2.24) is 4.90 Å². The molecule has 0 aliphatic carbocycles. The number of ether oxygens (including phenoxy) is 1. The fraction of sp³-hybridized carbons (Fsp3) is 0.368. The maximum absolute atomic E-state index is 9.13. The summed E-state index contributed by atoms with van der Waals surface area (Å²) in [5.41, 5.74) is 3.64. The molecular weight excluding hydrogens is 274 g/mol. The fourth-order valence-electron chi connectivity index (χ4n) is 3.20. The van der Waals surface area contributed by atoms with E-state index in [1.54, 1.807) is 7.11 Å². The highest BCUT2D eigenvalue weighted by Gasteiger charge is 2.25. The monoisotopic (exact) mass is 297 g/mol. The Balaban J connectivity index is 1.71. The fourth-order valence-corrected chi connectivity index (χ4v) is 3.20. The molecular formula is C19H23NO2. The minimum absolute atomic E-state index is 0.110. The van der Waals surface area contributed by atoms with Gasteiger partial charge in [-0.25, -0.2) is 0 Å². The van der Waals surface area contributed by atoms with Crippen molar-refractivity contribution in [3.63, 3.8) is 0 Å². The Morgan fingerprint density at radius 2 is 1.73 bits per heavy atom. The molecule has 1 atom stereocenters. The van der Waals surface area contributed by atoms with Crippen molar-refractivity contribution < 1.29 is 9.84 Å². The number of rotatable bonds is 5. The zero-order valence-electron chi connectivity index (χ0n) is 13.0. The van der Waals surface area contributed by atoms with Gasteiger partial charge in [-0.05, 0) is 48.2 Å². The Morgan fingerprint density at radius 1 is 1.05 bits per heavy atom. The molecule has 1 N–H and O–H groups in total. The average molecular weight is 297 g/mol. The van der Waals surface area contributed by atoms with Crippen LogP contribution in [0.25, 0.3) is 0 Å². The molecule has 1 aliphatic rings. The van der Waals surface area contributed by atoms with Crippen molar-refractivity contribution in [1.29, 1.82) is 0 Å². The summed E-state index contributed by atoms with van der Waals surface area (Å²) in [6.07, 6.45) is 2.45. The summed E-state index contributed by atoms with van der Waals surface area (Å²) < 4.78 is 5.24. The van der Waals surface area contributed by atoms with Crippen LogP contribution in [0.15, 0.2) is 48.5 Å². The second kappa shape index (κ2) is 6.95. The molecule has 2 aromatic rings. The van der Waals surface area contributed by atoms with Gasteiger partial charge in [0.25, 0.3) is 0 Å². The second-order valence-electron chi connectivity index (χ2n) is 5.88. The molecule has 22 heavy (non-hydrogen) atoms. The Morgan fingerprint density at radius 3 is 2.36 bits per heavy atom. The summed E-state index contributed by atoms with van der Waals surface area (Å²) in [6.45, 7) is 2.21. The number of aliphatic hydroxyl groups excluding tert-OH is 1. The normalized spacial score (nSPS) is 18.5. The summed E-state index contributed by atoms with van der Waals surface area (Å²) in [5, 5.41) is 9.13. The van der Waals surface area contributed by atoms with E-state index in [-0.39, 0.29) is 6.61 Å². The third kappa shape index (κ3) is 3.32. The van der Waals surface area contributed by atoms with Crippen LogP contribution in [0, 0.1) is 0 Å². The Bertz CT molecular complexity index is 592. The molecule has 1 aliphatic heterocycles. The lowest BCUT2D eigenvalue weighted by Crippen LogP contribution is -2.22.